The van der Waals surface area contributed by atoms with E-state index in [0.29, 0.717) is 0 Å². The Bertz CT molecular complexity index is 4160. The van der Waals surface area contributed by atoms with Crippen molar-refractivity contribution < 1.29 is 0 Å². The molecule has 0 fully saturated rings. The zero-order chi connectivity index (χ0) is 45.2. The van der Waals surface area contributed by atoms with Crippen LogP contribution in [0.25, 0.3) is 93.2 Å². The summed E-state index contributed by atoms with van der Waals surface area (Å²) in [5, 5.41) is 9.96. The molecule has 13 aromatic rings. The van der Waals surface area contributed by atoms with Crippen molar-refractivity contribution in [2.45, 2.75) is 5.41 Å². The van der Waals surface area contributed by atoms with Crippen LogP contribution in [0.15, 0.2) is 255 Å². The lowest BCUT2D eigenvalue weighted by atomic mass is 9.70. The predicted octanol–water partition coefficient (Wildman–Crippen LogP) is 17.7. The molecule has 2 aliphatic carbocycles. The molecule has 0 aliphatic heterocycles. The fourth-order valence-corrected chi connectivity index (χ4v) is 12.7. The summed E-state index contributed by atoms with van der Waals surface area (Å²) in [5.74, 6) is 0. The van der Waals surface area contributed by atoms with Gasteiger partial charge in [0.25, 0.3) is 0 Å². The molecule has 0 N–H and O–H groups in total. The minimum absolute atomic E-state index is 0.488. The second-order valence-corrected chi connectivity index (χ2v) is 18.7. The molecule has 320 valence electrons. The summed E-state index contributed by atoms with van der Waals surface area (Å²) in [4.78, 5) is 2.57. The largest absolute Gasteiger partial charge is 0.309 e. The van der Waals surface area contributed by atoms with Gasteiger partial charge in [-0.1, -0.05) is 206 Å². The fourth-order valence-electron chi connectivity index (χ4n) is 12.7. The fraction of sp³-hybridized carbons (Fsp3) is 0.0149. The van der Waals surface area contributed by atoms with Crippen LogP contribution in [-0.4, -0.2) is 4.57 Å². The highest BCUT2D eigenvalue weighted by atomic mass is 15.1. The topological polar surface area (TPSA) is 8.17 Å². The average molecular weight is 875 g/mol. The van der Waals surface area contributed by atoms with E-state index in [-0.39, 0.29) is 0 Å². The molecule has 0 radical (unpaired) electrons. The number of hydrogen-bond donors (Lipinski definition) is 0. The standard InChI is InChI=1S/C67H42N2/c1-2-19-44(20-3-1)68-63-35-17-12-28-54(63)55-39-37-43(41-65(55)68)46-21-11-16-34-62(46)69(64-36-18-30-57-49-23-5-4-22-47(49)48-24-6-7-29-56(48)66(57)64)45-38-40-53-52-27-10-15-33-60(52)67(61(53)42-45)58-31-13-8-25-50(58)51-26-9-14-32-59(51)67/h1-42H. The summed E-state index contributed by atoms with van der Waals surface area (Å²) in [7, 11) is 0. The smallest absolute Gasteiger partial charge is 0.0726 e. The first kappa shape index (κ1) is 38.2. The van der Waals surface area contributed by atoms with Gasteiger partial charge < -0.3 is 9.47 Å². The zero-order valence-electron chi connectivity index (χ0n) is 37.6. The lowest BCUT2D eigenvalue weighted by Crippen LogP contribution is -2.26. The third kappa shape index (κ3) is 5.20. The van der Waals surface area contributed by atoms with Gasteiger partial charge in [0.15, 0.2) is 0 Å². The van der Waals surface area contributed by atoms with Gasteiger partial charge in [0.2, 0.25) is 0 Å². The molecule has 2 heteroatoms. The molecule has 1 spiro atoms. The quantitative estimate of drug-likeness (QED) is 0.156. The summed E-state index contributed by atoms with van der Waals surface area (Å²) in [6, 6.07) is 95.1. The molecular formula is C67H42N2. The van der Waals surface area contributed by atoms with Gasteiger partial charge in [-0.15, -0.1) is 0 Å². The lowest BCUT2D eigenvalue weighted by molar-refractivity contribution is 0.793. The normalized spacial score (nSPS) is 13.0. The maximum atomic E-state index is 2.57. The van der Waals surface area contributed by atoms with Crippen molar-refractivity contribution in [3.8, 4) is 39.1 Å². The van der Waals surface area contributed by atoms with E-state index in [1.165, 1.54) is 98.6 Å². The molecule has 0 saturated carbocycles. The van der Waals surface area contributed by atoms with Crippen molar-refractivity contribution in [3.05, 3.63) is 277 Å². The van der Waals surface area contributed by atoms with Gasteiger partial charge in [0, 0.05) is 33.1 Å². The molecule has 2 aliphatic rings. The zero-order valence-corrected chi connectivity index (χ0v) is 37.6. The Balaban J connectivity index is 1.05. The van der Waals surface area contributed by atoms with Crippen LogP contribution in [0, 0.1) is 0 Å². The molecular weight excluding hydrogens is 833 g/mol. The van der Waals surface area contributed by atoms with Crippen molar-refractivity contribution >= 4 is 71.2 Å². The van der Waals surface area contributed by atoms with Crippen LogP contribution in [0.4, 0.5) is 17.1 Å². The number of rotatable bonds is 5. The molecule has 0 saturated heterocycles. The van der Waals surface area contributed by atoms with Crippen molar-refractivity contribution in [1.29, 1.82) is 0 Å². The van der Waals surface area contributed by atoms with E-state index in [0.717, 1.165) is 33.9 Å². The van der Waals surface area contributed by atoms with Gasteiger partial charge in [-0.3, -0.25) is 0 Å². The number of para-hydroxylation sites is 3. The summed E-state index contributed by atoms with van der Waals surface area (Å²) >= 11 is 0. The molecule has 0 unspecified atom stereocenters. The van der Waals surface area contributed by atoms with Gasteiger partial charge in [0.1, 0.15) is 0 Å². The lowest BCUT2D eigenvalue weighted by Gasteiger charge is -2.33. The van der Waals surface area contributed by atoms with E-state index < -0.39 is 5.41 Å². The number of anilines is 3. The van der Waals surface area contributed by atoms with Gasteiger partial charge in [-0.2, -0.15) is 0 Å². The molecule has 2 nitrogen and oxygen atoms in total. The van der Waals surface area contributed by atoms with Crippen molar-refractivity contribution in [3.63, 3.8) is 0 Å². The van der Waals surface area contributed by atoms with Crippen LogP contribution in [0.1, 0.15) is 22.3 Å². The van der Waals surface area contributed by atoms with Gasteiger partial charge in [-0.25, -0.2) is 0 Å². The highest BCUT2D eigenvalue weighted by Gasteiger charge is 2.51. The minimum atomic E-state index is -0.488. The number of hydrogen-bond acceptors (Lipinski definition) is 1. The Hall–Kier alpha value is -8.98. The predicted molar refractivity (Wildman–Crippen MR) is 290 cm³/mol. The van der Waals surface area contributed by atoms with Crippen LogP contribution in [0.5, 0.6) is 0 Å². The monoisotopic (exact) mass is 874 g/mol. The first-order valence-electron chi connectivity index (χ1n) is 24.0. The van der Waals surface area contributed by atoms with E-state index in [9.17, 15) is 0 Å². The van der Waals surface area contributed by atoms with E-state index in [1.807, 2.05) is 0 Å². The van der Waals surface area contributed by atoms with Crippen LogP contribution in [0.2, 0.25) is 0 Å². The second kappa shape index (κ2) is 14.5. The highest BCUT2D eigenvalue weighted by molar-refractivity contribution is 6.29. The van der Waals surface area contributed by atoms with Gasteiger partial charge in [-0.05, 0) is 126 Å². The molecule has 1 aromatic heterocycles. The van der Waals surface area contributed by atoms with E-state index in [4.69, 9.17) is 0 Å². The Labute approximate surface area is 400 Å². The summed E-state index contributed by atoms with van der Waals surface area (Å²) in [6.07, 6.45) is 0. The molecule has 0 bridgehead atoms. The van der Waals surface area contributed by atoms with Crippen LogP contribution < -0.4 is 4.90 Å². The average Bonchev–Trinajstić information content (AvgIpc) is 4.03. The summed E-state index contributed by atoms with van der Waals surface area (Å²) in [6.45, 7) is 0. The SMILES string of the molecule is c1ccc(-n2c3ccccc3c3ccc(-c4ccccc4N(c4ccc5c(c4)C4(c6ccccc6-c6ccccc64)c4ccccc4-5)c4cccc5c6ccccc6c6ccccc6c45)cc32)cc1. The highest BCUT2D eigenvalue weighted by Crippen LogP contribution is 2.63. The van der Waals surface area contributed by atoms with Crippen molar-refractivity contribution in [2.75, 3.05) is 4.90 Å². The molecule has 12 aromatic carbocycles. The van der Waals surface area contributed by atoms with Gasteiger partial charge in [0.05, 0.1) is 27.8 Å². The van der Waals surface area contributed by atoms with Crippen LogP contribution >= 0.6 is 0 Å². The Morgan fingerprint density at radius 1 is 0.290 bits per heavy atom. The maximum absolute atomic E-state index is 2.57. The van der Waals surface area contributed by atoms with Crippen molar-refractivity contribution in [1.82, 2.24) is 4.57 Å². The minimum Gasteiger partial charge on any atom is -0.309 e. The van der Waals surface area contributed by atoms with Gasteiger partial charge >= 0.3 is 0 Å². The molecule has 15 rings (SSSR count). The first-order valence-corrected chi connectivity index (χ1v) is 24.0. The van der Waals surface area contributed by atoms with E-state index >= 15 is 0 Å². The molecule has 0 atom stereocenters. The Kier molecular flexibility index (Phi) is 8.02. The third-order valence-electron chi connectivity index (χ3n) is 15.4. The first-order chi connectivity index (χ1) is 34.3. The van der Waals surface area contributed by atoms with Crippen molar-refractivity contribution in [2.24, 2.45) is 0 Å². The number of nitrogens with zero attached hydrogens (tertiary/aromatic N) is 2. The van der Waals surface area contributed by atoms with E-state index in [2.05, 4.69) is 264 Å². The third-order valence-corrected chi connectivity index (χ3v) is 15.4. The Morgan fingerprint density at radius 3 is 1.43 bits per heavy atom. The van der Waals surface area contributed by atoms with E-state index in [1.54, 1.807) is 0 Å². The number of fused-ring (bicyclic) bond motifs is 19. The second-order valence-electron chi connectivity index (χ2n) is 18.7. The molecule has 69 heavy (non-hydrogen) atoms. The summed E-state index contributed by atoms with van der Waals surface area (Å²) in [5.41, 5.74) is 19.2. The maximum Gasteiger partial charge on any atom is 0.0726 e. The summed E-state index contributed by atoms with van der Waals surface area (Å²) < 4.78 is 2.42. The number of aromatic nitrogens is 1. The Morgan fingerprint density at radius 2 is 0.768 bits per heavy atom. The van der Waals surface area contributed by atoms with Crippen LogP contribution in [-0.2, 0) is 5.41 Å². The van der Waals surface area contributed by atoms with Crippen LogP contribution in [0.3, 0.4) is 0 Å². The molecule has 0 amide bonds. The number of benzene rings is 12. The molecule has 1 heterocycles.